The topological polar surface area (TPSA) is 98.5 Å². The van der Waals surface area contributed by atoms with Gasteiger partial charge in [-0.15, -0.1) is 0 Å². The van der Waals surface area contributed by atoms with Gasteiger partial charge in [0, 0.05) is 17.7 Å². The molecule has 0 saturated carbocycles. The smallest absolute Gasteiger partial charge is 0.306 e. The van der Waals surface area contributed by atoms with Crippen LogP contribution in [0.25, 0.3) is 0 Å². The Bertz CT molecular complexity index is 530. The van der Waals surface area contributed by atoms with E-state index in [4.69, 9.17) is 10.5 Å². The SMILES string of the molecule is CC(C)(C)OC(=O)CCC(=O)Nc1ccc(C(N)=O)cc1. The van der Waals surface area contributed by atoms with Gasteiger partial charge in [0.2, 0.25) is 11.8 Å². The van der Waals surface area contributed by atoms with Crippen LogP contribution in [0.4, 0.5) is 5.69 Å². The molecule has 0 fully saturated rings. The highest BCUT2D eigenvalue weighted by Gasteiger charge is 2.17. The molecule has 1 aromatic carbocycles. The average molecular weight is 292 g/mol. The van der Waals surface area contributed by atoms with Crippen molar-refractivity contribution in [1.29, 1.82) is 0 Å². The standard InChI is InChI=1S/C15H20N2O4/c1-15(2,3)21-13(19)9-8-12(18)17-11-6-4-10(5-7-11)14(16)20/h4-7H,8-9H2,1-3H3,(H2,16,20)(H,17,18). The molecule has 0 unspecified atom stereocenters. The minimum absolute atomic E-state index is 0.0163. The highest BCUT2D eigenvalue weighted by Crippen LogP contribution is 2.11. The van der Waals surface area contributed by atoms with Crippen molar-refractivity contribution in [3.63, 3.8) is 0 Å². The summed E-state index contributed by atoms with van der Waals surface area (Å²) in [7, 11) is 0. The maximum atomic E-state index is 11.7. The van der Waals surface area contributed by atoms with Crippen molar-refractivity contribution in [1.82, 2.24) is 0 Å². The number of benzene rings is 1. The van der Waals surface area contributed by atoms with E-state index in [0.717, 1.165) is 0 Å². The molecule has 0 aliphatic rings. The summed E-state index contributed by atoms with van der Waals surface area (Å²) in [6.07, 6.45) is 0.0506. The summed E-state index contributed by atoms with van der Waals surface area (Å²) in [4.78, 5) is 34.1. The summed E-state index contributed by atoms with van der Waals surface area (Å²) < 4.78 is 5.11. The van der Waals surface area contributed by atoms with E-state index in [1.165, 1.54) is 12.1 Å². The molecule has 0 heterocycles. The van der Waals surface area contributed by atoms with Gasteiger partial charge in [0.05, 0.1) is 6.42 Å². The number of primary amides is 1. The van der Waals surface area contributed by atoms with Gasteiger partial charge in [0.15, 0.2) is 0 Å². The number of carbonyl (C=O) groups excluding carboxylic acids is 3. The van der Waals surface area contributed by atoms with Gasteiger partial charge in [-0.25, -0.2) is 0 Å². The van der Waals surface area contributed by atoms with Crippen molar-refractivity contribution in [2.45, 2.75) is 39.2 Å². The van der Waals surface area contributed by atoms with Gasteiger partial charge in [-0.3, -0.25) is 14.4 Å². The van der Waals surface area contributed by atoms with E-state index in [0.29, 0.717) is 11.3 Å². The van der Waals surface area contributed by atoms with Crippen molar-refractivity contribution in [2.24, 2.45) is 5.73 Å². The van der Waals surface area contributed by atoms with Gasteiger partial charge in [-0.05, 0) is 45.0 Å². The Morgan fingerprint density at radius 1 is 1.10 bits per heavy atom. The third-order valence-corrected chi connectivity index (χ3v) is 2.43. The molecule has 114 valence electrons. The molecule has 21 heavy (non-hydrogen) atoms. The van der Waals surface area contributed by atoms with Crippen LogP contribution < -0.4 is 11.1 Å². The summed E-state index contributed by atoms with van der Waals surface area (Å²) in [6.45, 7) is 5.31. The highest BCUT2D eigenvalue weighted by molar-refractivity contribution is 5.95. The Morgan fingerprint density at radius 3 is 2.14 bits per heavy atom. The van der Waals surface area contributed by atoms with E-state index in [9.17, 15) is 14.4 Å². The lowest BCUT2D eigenvalue weighted by atomic mass is 10.2. The maximum absolute atomic E-state index is 11.7. The summed E-state index contributed by atoms with van der Waals surface area (Å²) in [6, 6.07) is 6.19. The molecule has 0 saturated heterocycles. The number of rotatable bonds is 5. The molecule has 2 amide bonds. The Morgan fingerprint density at radius 2 is 1.67 bits per heavy atom. The number of esters is 1. The summed E-state index contributed by atoms with van der Waals surface area (Å²) in [5.41, 5.74) is 5.46. The van der Waals surface area contributed by atoms with Crippen LogP contribution in [0.5, 0.6) is 0 Å². The molecule has 1 rings (SSSR count). The first-order valence-corrected chi connectivity index (χ1v) is 6.59. The number of nitrogens with two attached hydrogens (primary N) is 1. The average Bonchev–Trinajstić information content (AvgIpc) is 2.35. The molecule has 0 radical (unpaired) electrons. The maximum Gasteiger partial charge on any atom is 0.306 e. The van der Waals surface area contributed by atoms with Gasteiger partial charge < -0.3 is 15.8 Å². The third kappa shape index (κ3) is 6.56. The van der Waals surface area contributed by atoms with Gasteiger partial charge in [0.25, 0.3) is 0 Å². The first-order valence-electron chi connectivity index (χ1n) is 6.59. The lowest BCUT2D eigenvalue weighted by Crippen LogP contribution is -2.24. The van der Waals surface area contributed by atoms with Gasteiger partial charge in [-0.2, -0.15) is 0 Å². The van der Waals surface area contributed by atoms with Crippen molar-refractivity contribution in [3.8, 4) is 0 Å². The van der Waals surface area contributed by atoms with Gasteiger partial charge in [-0.1, -0.05) is 0 Å². The number of ether oxygens (including phenoxy) is 1. The van der Waals surface area contributed by atoms with Crippen LogP contribution in [-0.2, 0) is 14.3 Å². The number of hydrogen-bond donors (Lipinski definition) is 2. The normalized spacial score (nSPS) is 10.8. The van der Waals surface area contributed by atoms with Crippen LogP contribution in [0.15, 0.2) is 24.3 Å². The second kappa shape index (κ2) is 6.88. The Labute approximate surface area is 123 Å². The Balaban J connectivity index is 2.43. The predicted octanol–water partition coefficient (Wildman–Crippen LogP) is 1.85. The third-order valence-electron chi connectivity index (χ3n) is 2.43. The van der Waals surface area contributed by atoms with Crippen LogP contribution in [0.3, 0.4) is 0 Å². The molecule has 6 nitrogen and oxygen atoms in total. The molecule has 0 aliphatic carbocycles. The lowest BCUT2D eigenvalue weighted by Gasteiger charge is -2.19. The first kappa shape index (κ1) is 16.7. The number of nitrogens with one attached hydrogen (secondary N) is 1. The second-order valence-electron chi connectivity index (χ2n) is 5.58. The zero-order chi connectivity index (χ0) is 16.0. The molecule has 0 atom stereocenters. The van der Waals surface area contributed by atoms with Crippen molar-refractivity contribution in [2.75, 3.05) is 5.32 Å². The number of anilines is 1. The van der Waals surface area contributed by atoms with E-state index < -0.39 is 17.5 Å². The zero-order valence-electron chi connectivity index (χ0n) is 12.4. The molecule has 3 N–H and O–H groups in total. The van der Waals surface area contributed by atoms with Crippen LogP contribution in [0, 0.1) is 0 Å². The first-order chi connectivity index (χ1) is 9.67. The van der Waals surface area contributed by atoms with Gasteiger partial charge >= 0.3 is 5.97 Å². The zero-order valence-corrected chi connectivity index (χ0v) is 12.4. The van der Waals surface area contributed by atoms with Crippen LogP contribution >= 0.6 is 0 Å². The summed E-state index contributed by atoms with van der Waals surface area (Å²) in [5, 5.41) is 2.63. The quantitative estimate of drug-likeness (QED) is 0.809. The molecule has 6 heteroatoms. The molecule has 0 bridgehead atoms. The number of hydrogen-bond acceptors (Lipinski definition) is 4. The molecular weight excluding hydrogens is 272 g/mol. The highest BCUT2D eigenvalue weighted by atomic mass is 16.6. The van der Waals surface area contributed by atoms with Crippen molar-refractivity contribution < 1.29 is 19.1 Å². The summed E-state index contributed by atoms with van der Waals surface area (Å²) >= 11 is 0. The molecule has 0 aromatic heterocycles. The Hall–Kier alpha value is -2.37. The van der Waals surface area contributed by atoms with E-state index >= 15 is 0 Å². The monoisotopic (exact) mass is 292 g/mol. The van der Waals surface area contributed by atoms with Gasteiger partial charge in [0.1, 0.15) is 5.60 Å². The van der Waals surface area contributed by atoms with E-state index in [1.54, 1.807) is 32.9 Å². The van der Waals surface area contributed by atoms with E-state index in [-0.39, 0.29) is 18.7 Å². The van der Waals surface area contributed by atoms with Crippen molar-refractivity contribution >= 4 is 23.5 Å². The second-order valence-corrected chi connectivity index (χ2v) is 5.58. The lowest BCUT2D eigenvalue weighted by molar-refractivity contribution is -0.155. The van der Waals surface area contributed by atoms with Crippen LogP contribution in [0.2, 0.25) is 0 Å². The van der Waals surface area contributed by atoms with Crippen molar-refractivity contribution in [3.05, 3.63) is 29.8 Å². The van der Waals surface area contributed by atoms with E-state index in [2.05, 4.69) is 5.32 Å². The largest absolute Gasteiger partial charge is 0.460 e. The fourth-order valence-electron chi connectivity index (χ4n) is 1.55. The number of carbonyl (C=O) groups is 3. The molecular formula is C15H20N2O4. The predicted molar refractivity (Wildman–Crippen MR) is 78.7 cm³/mol. The fourth-order valence-corrected chi connectivity index (χ4v) is 1.55. The minimum Gasteiger partial charge on any atom is -0.460 e. The Kier molecular flexibility index (Phi) is 5.46. The minimum atomic E-state index is -0.557. The van der Waals surface area contributed by atoms with Crippen LogP contribution in [0.1, 0.15) is 44.0 Å². The van der Waals surface area contributed by atoms with Crippen LogP contribution in [-0.4, -0.2) is 23.4 Å². The fraction of sp³-hybridized carbons (Fsp3) is 0.400. The molecule has 0 spiro atoms. The summed E-state index contributed by atoms with van der Waals surface area (Å²) in [5.74, 6) is -1.24. The number of amides is 2. The molecule has 1 aromatic rings. The molecule has 0 aliphatic heterocycles. The van der Waals surface area contributed by atoms with E-state index in [1.807, 2.05) is 0 Å².